The van der Waals surface area contributed by atoms with Crippen LogP contribution in [0.2, 0.25) is 0 Å². The van der Waals surface area contributed by atoms with Crippen molar-refractivity contribution in [3.8, 4) is 17.2 Å². The van der Waals surface area contributed by atoms with Crippen LogP contribution in [0.3, 0.4) is 0 Å². The van der Waals surface area contributed by atoms with Gasteiger partial charge in [0.25, 0.3) is 0 Å². The summed E-state index contributed by atoms with van der Waals surface area (Å²) in [6, 6.07) is 1.69. The number of aromatic carboxylic acids is 1. The molecule has 18 heavy (non-hydrogen) atoms. The van der Waals surface area contributed by atoms with Crippen molar-refractivity contribution in [3.05, 3.63) is 24.6 Å². The van der Waals surface area contributed by atoms with Crippen molar-refractivity contribution in [2.45, 2.75) is 6.10 Å². The second kappa shape index (κ2) is 9.01. The van der Waals surface area contributed by atoms with E-state index >= 15 is 0 Å². The fourth-order valence-electron chi connectivity index (χ4n) is 0.728. The minimum absolute atomic E-state index is 0. The molecule has 0 aliphatic carbocycles. The zero-order valence-electron chi connectivity index (χ0n) is 9.74. The molecule has 0 aromatic heterocycles. The summed E-state index contributed by atoms with van der Waals surface area (Å²) >= 11 is 0. The fourth-order valence-corrected chi connectivity index (χ4v) is 0.728. The summed E-state index contributed by atoms with van der Waals surface area (Å²) < 4.78 is 0. The van der Waals surface area contributed by atoms with Crippen molar-refractivity contribution in [1.82, 2.24) is 0 Å². The standard InChI is InChI=1S/C7H6O5.C3H7O2.Na/c8-4-1-3(7(11)12)2-5(9)6(4)10;1-3(5)2-4;/h1-2,8-10H,(H,11,12);3-5H,1-2H2;/q;-1;+1. The number of aliphatic hydroxyl groups excluding tert-OH is 2. The molecular formula is C10H13NaO7. The molecule has 6 N–H and O–H groups in total. The van der Waals surface area contributed by atoms with Gasteiger partial charge in [-0.25, -0.2) is 4.79 Å². The molecule has 1 rings (SSSR count). The molecule has 1 unspecified atom stereocenters. The van der Waals surface area contributed by atoms with Crippen LogP contribution in [0.4, 0.5) is 0 Å². The largest absolute Gasteiger partial charge is 1.00 e. The fraction of sp³-hybridized carbons (Fsp3) is 0.200. The molecule has 7 nitrogen and oxygen atoms in total. The summed E-state index contributed by atoms with van der Waals surface area (Å²) in [6.45, 7) is 2.81. The second-order valence-corrected chi connectivity index (χ2v) is 3.00. The molecule has 0 aliphatic heterocycles. The Bertz CT molecular complexity index is 369. The van der Waals surface area contributed by atoms with Crippen molar-refractivity contribution in [3.63, 3.8) is 0 Å². The molecule has 96 valence electrons. The van der Waals surface area contributed by atoms with E-state index in [1.54, 1.807) is 0 Å². The molecule has 8 heteroatoms. The summed E-state index contributed by atoms with van der Waals surface area (Å²) in [6.07, 6.45) is -0.810. The first-order valence-electron chi connectivity index (χ1n) is 4.39. The van der Waals surface area contributed by atoms with E-state index in [2.05, 4.69) is 6.92 Å². The minimum atomic E-state index is -1.29. The molecule has 0 amide bonds. The molecular weight excluding hydrogens is 255 g/mol. The topological polar surface area (TPSA) is 138 Å². The van der Waals surface area contributed by atoms with Gasteiger partial charge >= 0.3 is 35.5 Å². The number of rotatable bonds is 2. The van der Waals surface area contributed by atoms with E-state index in [9.17, 15) is 4.79 Å². The van der Waals surface area contributed by atoms with Crippen LogP contribution in [0.5, 0.6) is 17.2 Å². The Hall–Kier alpha value is -0.990. The monoisotopic (exact) mass is 268 g/mol. The Morgan fingerprint density at radius 3 is 1.78 bits per heavy atom. The Balaban J connectivity index is 0. The van der Waals surface area contributed by atoms with Gasteiger partial charge < -0.3 is 37.6 Å². The third kappa shape index (κ3) is 6.67. The Morgan fingerprint density at radius 1 is 1.22 bits per heavy atom. The van der Waals surface area contributed by atoms with E-state index in [0.29, 0.717) is 0 Å². The van der Waals surface area contributed by atoms with Gasteiger partial charge in [-0.1, -0.05) is 0 Å². The van der Waals surface area contributed by atoms with Crippen LogP contribution in [0.1, 0.15) is 10.4 Å². The first-order chi connectivity index (χ1) is 7.79. The van der Waals surface area contributed by atoms with Gasteiger partial charge in [0.05, 0.1) is 5.56 Å². The smallest absolute Gasteiger partial charge is 0.504 e. The van der Waals surface area contributed by atoms with Gasteiger partial charge in [0.1, 0.15) is 0 Å². The van der Waals surface area contributed by atoms with Crippen LogP contribution in [0.25, 0.3) is 0 Å². The van der Waals surface area contributed by atoms with E-state index in [1.807, 2.05) is 0 Å². The average Bonchev–Trinajstić information content (AvgIpc) is 2.25. The van der Waals surface area contributed by atoms with Crippen molar-refractivity contribution >= 4 is 5.97 Å². The number of phenolic OH excluding ortho intramolecular Hbond substituents is 3. The van der Waals surface area contributed by atoms with E-state index < -0.39 is 29.3 Å². The number of carboxylic acid groups (broad SMARTS) is 1. The summed E-state index contributed by atoms with van der Waals surface area (Å²) in [5, 5.41) is 50.8. The average molecular weight is 268 g/mol. The first-order valence-corrected chi connectivity index (χ1v) is 4.39. The molecule has 1 atom stereocenters. The van der Waals surface area contributed by atoms with Gasteiger partial charge in [0, 0.05) is 6.61 Å². The van der Waals surface area contributed by atoms with Crippen LogP contribution >= 0.6 is 0 Å². The number of carboxylic acids is 1. The third-order valence-electron chi connectivity index (χ3n) is 1.53. The molecule has 0 heterocycles. The molecule has 0 saturated heterocycles. The van der Waals surface area contributed by atoms with Crippen LogP contribution in [0, 0.1) is 6.92 Å². The van der Waals surface area contributed by atoms with Crippen molar-refractivity contribution in [2.75, 3.05) is 6.61 Å². The van der Waals surface area contributed by atoms with Crippen LogP contribution < -0.4 is 29.6 Å². The molecule has 0 radical (unpaired) electrons. The van der Waals surface area contributed by atoms with Crippen LogP contribution in [-0.2, 0) is 0 Å². The summed E-state index contributed by atoms with van der Waals surface area (Å²) in [5.74, 6) is -3.33. The Morgan fingerprint density at radius 2 is 1.56 bits per heavy atom. The molecule has 0 saturated carbocycles. The predicted molar refractivity (Wildman–Crippen MR) is 56.8 cm³/mol. The molecule has 0 fully saturated rings. The number of benzene rings is 1. The normalized spacial score (nSPS) is 10.6. The second-order valence-electron chi connectivity index (χ2n) is 3.00. The minimum Gasteiger partial charge on any atom is -0.504 e. The molecule has 1 aromatic carbocycles. The number of hydrogen-bond donors (Lipinski definition) is 6. The van der Waals surface area contributed by atoms with Crippen molar-refractivity contribution in [2.24, 2.45) is 0 Å². The molecule has 0 aliphatic rings. The van der Waals surface area contributed by atoms with Gasteiger partial charge in [-0.05, 0) is 18.2 Å². The van der Waals surface area contributed by atoms with E-state index in [4.69, 9.17) is 30.6 Å². The Kier molecular flexibility index (Phi) is 9.69. The van der Waals surface area contributed by atoms with Crippen LogP contribution in [0.15, 0.2) is 12.1 Å². The maximum Gasteiger partial charge on any atom is 1.00 e. The van der Waals surface area contributed by atoms with E-state index in [-0.39, 0.29) is 41.7 Å². The SMILES string of the molecule is O=C(O)c1cc(O)c(O)c(O)c1.[CH2-]C(O)CO.[Na+]. The summed E-state index contributed by atoms with van der Waals surface area (Å²) in [5.41, 5.74) is -0.289. The molecule has 0 spiro atoms. The van der Waals surface area contributed by atoms with E-state index in [1.165, 1.54) is 0 Å². The molecule has 1 aromatic rings. The molecule has 0 bridgehead atoms. The number of aliphatic hydroxyl groups is 2. The van der Waals surface area contributed by atoms with Gasteiger partial charge in [0.2, 0.25) is 0 Å². The third-order valence-corrected chi connectivity index (χ3v) is 1.53. The number of hydrogen-bond acceptors (Lipinski definition) is 6. The summed E-state index contributed by atoms with van der Waals surface area (Å²) in [7, 11) is 0. The quantitative estimate of drug-likeness (QED) is 0.187. The number of phenols is 3. The predicted octanol–water partition coefficient (Wildman–Crippen LogP) is -3.32. The van der Waals surface area contributed by atoms with Crippen LogP contribution in [-0.4, -0.2) is 49.3 Å². The van der Waals surface area contributed by atoms with Gasteiger partial charge in [-0.3, -0.25) is 0 Å². The van der Waals surface area contributed by atoms with Crippen molar-refractivity contribution in [1.29, 1.82) is 0 Å². The number of aromatic hydroxyl groups is 3. The van der Waals surface area contributed by atoms with Gasteiger partial charge in [0.15, 0.2) is 17.2 Å². The summed E-state index contributed by atoms with van der Waals surface area (Å²) in [4.78, 5) is 10.3. The first kappa shape index (κ1) is 19.4. The van der Waals surface area contributed by atoms with E-state index in [0.717, 1.165) is 12.1 Å². The zero-order chi connectivity index (χ0) is 13.6. The zero-order valence-corrected chi connectivity index (χ0v) is 11.7. The van der Waals surface area contributed by atoms with Gasteiger partial charge in [-0.2, -0.15) is 0 Å². The van der Waals surface area contributed by atoms with Crippen molar-refractivity contribution < 1.29 is 65.0 Å². The maximum absolute atomic E-state index is 10.3. The maximum atomic E-state index is 10.3. The van der Waals surface area contributed by atoms with Gasteiger partial charge in [-0.15, -0.1) is 0 Å². The number of carbonyl (C=O) groups is 1. The Labute approximate surface area is 125 Å².